The monoisotopic (exact) mass is 318 g/mol. The van der Waals surface area contributed by atoms with Crippen molar-refractivity contribution < 1.29 is 0 Å². The first-order valence-electron chi connectivity index (χ1n) is 6.26. The third-order valence-corrected chi connectivity index (χ3v) is 3.99. The molecule has 106 valence electrons. The molecule has 2 N–H and O–H groups in total. The van der Waals surface area contributed by atoms with E-state index in [9.17, 15) is 0 Å². The molecule has 3 rings (SSSR count). The van der Waals surface area contributed by atoms with Crippen molar-refractivity contribution in [3.8, 4) is 22.4 Å². The smallest absolute Gasteiger partial charge is 0.129 e. The Kier molecular flexibility index (Phi) is 3.57. The van der Waals surface area contributed by atoms with E-state index in [0.717, 1.165) is 22.4 Å². The third-order valence-electron chi connectivity index (χ3n) is 3.25. The molecular weight excluding hydrogens is 307 g/mol. The molecule has 2 aromatic heterocycles. The normalized spacial score (nSPS) is 10.8. The summed E-state index contributed by atoms with van der Waals surface area (Å²) in [6, 6.07) is 9.21. The molecule has 0 bridgehead atoms. The van der Waals surface area contributed by atoms with Gasteiger partial charge in [0.05, 0.1) is 15.6 Å². The Bertz CT molecular complexity index is 797. The maximum absolute atomic E-state index is 6.17. The van der Waals surface area contributed by atoms with Crippen molar-refractivity contribution in [1.29, 1.82) is 0 Å². The second-order valence-electron chi connectivity index (χ2n) is 4.60. The highest BCUT2D eigenvalue weighted by Gasteiger charge is 2.18. The second-order valence-corrected chi connectivity index (χ2v) is 5.41. The molecule has 3 aromatic rings. The number of nitrogens with zero attached hydrogens (tertiary/aromatic N) is 3. The third kappa shape index (κ3) is 2.48. The van der Waals surface area contributed by atoms with E-state index in [4.69, 9.17) is 28.9 Å². The van der Waals surface area contributed by atoms with Crippen molar-refractivity contribution in [1.82, 2.24) is 14.8 Å². The number of hydrogen-bond donors (Lipinski definition) is 1. The summed E-state index contributed by atoms with van der Waals surface area (Å²) < 4.78 is 1.65. The van der Waals surface area contributed by atoms with E-state index < -0.39 is 0 Å². The van der Waals surface area contributed by atoms with Crippen LogP contribution in [0.5, 0.6) is 0 Å². The van der Waals surface area contributed by atoms with Crippen molar-refractivity contribution in [2.75, 3.05) is 5.73 Å². The summed E-state index contributed by atoms with van der Waals surface area (Å²) in [7, 11) is 1.81. The lowest BCUT2D eigenvalue weighted by molar-refractivity contribution is 0.782. The molecule has 0 fully saturated rings. The summed E-state index contributed by atoms with van der Waals surface area (Å²) in [5.41, 5.74) is 9.61. The molecule has 0 saturated heterocycles. The van der Waals surface area contributed by atoms with Gasteiger partial charge in [0.25, 0.3) is 0 Å². The van der Waals surface area contributed by atoms with Crippen LogP contribution in [0.4, 0.5) is 5.82 Å². The summed E-state index contributed by atoms with van der Waals surface area (Å²) in [6.45, 7) is 0. The zero-order valence-corrected chi connectivity index (χ0v) is 12.7. The molecule has 0 unspecified atom stereocenters. The van der Waals surface area contributed by atoms with Gasteiger partial charge in [-0.1, -0.05) is 29.3 Å². The van der Waals surface area contributed by atoms with Crippen LogP contribution >= 0.6 is 23.2 Å². The number of nitrogen functional groups attached to an aromatic ring is 1. The van der Waals surface area contributed by atoms with Gasteiger partial charge in [-0.15, -0.1) is 0 Å². The maximum Gasteiger partial charge on any atom is 0.129 e. The number of benzene rings is 1. The fraction of sp³-hybridized carbons (Fsp3) is 0.0667. The van der Waals surface area contributed by atoms with Crippen molar-refractivity contribution in [2.24, 2.45) is 7.05 Å². The van der Waals surface area contributed by atoms with Gasteiger partial charge in [0.15, 0.2) is 0 Å². The van der Waals surface area contributed by atoms with E-state index in [0.29, 0.717) is 15.9 Å². The molecule has 0 saturated carbocycles. The van der Waals surface area contributed by atoms with Crippen LogP contribution in [-0.4, -0.2) is 14.8 Å². The lowest BCUT2D eigenvalue weighted by Crippen LogP contribution is -1.98. The molecule has 0 aliphatic carbocycles. The molecule has 0 radical (unpaired) electrons. The van der Waals surface area contributed by atoms with Crippen LogP contribution in [0.15, 0.2) is 42.7 Å². The van der Waals surface area contributed by atoms with E-state index in [1.807, 2.05) is 18.2 Å². The predicted molar refractivity (Wildman–Crippen MR) is 86.3 cm³/mol. The summed E-state index contributed by atoms with van der Waals surface area (Å²) in [4.78, 5) is 4.02. The van der Waals surface area contributed by atoms with Crippen LogP contribution in [-0.2, 0) is 7.05 Å². The average Bonchev–Trinajstić information content (AvgIpc) is 2.79. The molecule has 0 spiro atoms. The molecule has 0 aliphatic rings. The summed E-state index contributed by atoms with van der Waals surface area (Å²) >= 11 is 12.1. The van der Waals surface area contributed by atoms with Gasteiger partial charge in [-0.25, -0.2) is 0 Å². The number of hydrogen-bond acceptors (Lipinski definition) is 3. The zero-order chi connectivity index (χ0) is 15.0. The molecule has 1 aromatic carbocycles. The van der Waals surface area contributed by atoms with Crippen molar-refractivity contribution >= 4 is 29.0 Å². The Hall–Kier alpha value is -2.04. The minimum Gasteiger partial charge on any atom is -0.383 e. The first-order valence-corrected chi connectivity index (χ1v) is 7.02. The minimum atomic E-state index is 0.484. The molecule has 0 amide bonds. The van der Waals surface area contributed by atoms with Gasteiger partial charge in [-0.2, -0.15) is 5.10 Å². The Morgan fingerprint density at radius 1 is 1.00 bits per heavy atom. The molecule has 21 heavy (non-hydrogen) atoms. The van der Waals surface area contributed by atoms with Gasteiger partial charge < -0.3 is 5.73 Å². The summed E-state index contributed by atoms with van der Waals surface area (Å²) in [6.07, 6.45) is 3.44. The molecular formula is C15H12Cl2N4. The number of nitrogens with two attached hydrogens (primary N) is 1. The fourth-order valence-corrected chi connectivity index (χ4v) is 2.48. The van der Waals surface area contributed by atoms with Crippen LogP contribution < -0.4 is 5.73 Å². The first kappa shape index (κ1) is 13.9. The van der Waals surface area contributed by atoms with Gasteiger partial charge in [-0.05, 0) is 29.8 Å². The quantitative estimate of drug-likeness (QED) is 0.775. The Balaban J connectivity index is 2.24. The number of pyridine rings is 1. The first-order chi connectivity index (χ1) is 10.1. The second kappa shape index (κ2) is 5.39. The standard InChI is InChI=1S/C15H12Cl2N4/c1-21-15(18)13(10-2-3-11(16)12(17)8-10)14(20-21)9-4-6-19-7-5-9/h2-8H,18H2,1H3. The highest BCUT2D eigenvalue weighted by atomic mass is 35.5. The molecule has 4 nitrogen and oxygen atoms in total. The fourth-order valence-electron chi connectivity index (χ4n) is 2.19. The van der Waals surface area contributed by atoms with Crippen LogP contribution in [0, 0.1) is 0 Å². The summed E-state index contributed by atoms with van der Waals surface area (Å²) in [5, 5.41) is 5.49. The number of aromatic nitrogens is 3. The van der Waals surface area contributed by atoms with Gasteiger partial charge in [-0.3, -0.25) is 9.67 Å². The van der Waals surface area contributed by atoms with Gasteiger partial charge >= 0.3 is 0 Å². The molecule has 2 heterocycles. The van der Waals surface area contributed by atoms with E-state index in [2.05, 4.69) is 10.1 Å². The summed E-state index contributed by atoms with van der Waals surface area (Å²) in [5.74, 6) is 0.570. The average molecular weight is 319 g/mol. The van der Waals surface area contributed by atoms with E-state index in [-0.39, 0.29) is 0 Å². The van der Waals surface area contributed by atoms with Gasteiger partial charge in [0, 0.05) is 25.0 Å². The minimum absolute atomic E-state index is 0.484. The van der Waals surface area contributed by atoms with Crippen molar-refractivity contribution in [2.45, 2.75) is 0 Å². The Morgan fingerprint density at radius 3 is 2.38 bits per heavy atom. The number of aryl methyl sites for hydroxylation is 1. The zero-order valence-electron chi connectivity index (χ0n) is 11.2. The Morgan fingerprint density at radius 2 is 1.71 bits per heavy atom. The van der Waals surface area contributed by atoms with Gasteiger partial charge in [0.1, 0.15) is 11.5 Å². The topological polar surface area (TPSA) is 56.7 Å². The largest absolute Gasteiger partial charge is 0.383 e. The van der Waals surface area contributed by atoms with Crippen molar-refractivity contribution in [3.05, 3.63) is 52.8 Å². The van der Waals surface area contributed by atoms with Crippen LogP contribution in [0.2, 0.25) is 10.0 Å². The van der Waals surface area contributed by atoms with Crippen LogP contribution in [0.1, 0.15) is 0 Å². The van der Waals surface area contributed by atoms with E-state index >= 15 is 0 Å². The highest BCUT2D eigenvalue weighted by Crippen LogP contribution is 2.37. The van der Waals surface area contributed by atoms with Crippen molar-refractivity contribution in [3.63, 3.8) is 0 Å². The lowest BCUT2D eigenvalue weighted by atomic mass is 10.0. The molecule has 6 heteroatoms. The lowest BCUT2D eigenvalue weighted by Gasteiger charge is -2.06. The number of anilines is 1. The number of rotatable bonds is 2. The number of halogens is 2. The van der Waals surface area contributed by atoms with E-state index in [1.54, 1.807) is 36.3 Å². The molecule has 0 atom stereocenters. The van der Waals surface area contributed by atoms with Gasteiger partial charge in [0.2, 0.25) is 0 Å². The Labute approximate surface area is 132 Å². The highest BCUT2D eigenvalue weighted by molar-refractivity contribution is 6.42. The van der Waals surface area contributed by atoms with Crippen LogP contribution in [0.25, 0.3) is 22.4 Å². The predicted octanol–water partition coefficient (Wildman–Crippen LogP) is 4.04. The van der Waals surface area contributed by atoms with E-state index in [1.165, 1.54) is 0 Å². The molecule has 0 aliphatic heterocycles. The SMILES string of the molecule is Cn1nc(-c2ccncc2)c(-c2ccc(Cl)c(Cl)c2)c1N. The maximum atomic E-state index is 6.17. The van der Waals surface area contributed by atoms with Crippen LogP contribution in [0.3, 0.4) is 0 Å².